The highest BCUT2D eigenvalue weighted by Gasteiger charge is 2.28. The Kier molecular flexibility index (Phi) is 1.14. The average Bonchev–Trinajstić information content (AvgIpc) is 2.20. The zero-order chi connectivity index (χ0) is 7.97. The predicted octanol–water partition coefficient (Wildman–Crippen LogP) is 2.01. The van der Waals surface area contributed by atoms with Crippen molar-refractivity contribution in [1.29, 1.82) is 0 Å². The number of fused-ring (bicyclic) bond motifs is 1. The molecule has 3 aliphatic rings. The molecule has 0 saturated carbocycles. The molecule has 1 aromatic heterocycles. The first-order valence-electron chi connectivity index (χ1n) is 4.44. The van der Waals surface area contributed by atoms with E-state index in [9.17, 15) is 0 Å². The second-order valence-corrected chi connectivity index (χ2v) is 3.58. The molecule has 2 heteroatoms. The quantitative estimate of drug-likeness (QED) is 0.540. The molecule has 0 amide bonds. The lowest BCUT2D eigenvalue weighted by Gasteiger charge is -2.32. The van der Waals surface area contributed by atoms with Crippen molar-refractivity contribution < 1.29 is 0 Å². The molecule has 1 heterocycles. The van der Waals surface area contributed by atoms with Gasteiger partial charge in [-0.15, -0.1) is 0 Å². The number of rotatable bonds is 0. The van der Waals surface area contributed by atoms with Gasteiger partial charge in [0.2, 0.25) is 0 Å². The van der Waals surface area contributed by atoms with Gasteiger partial charge in [-0.2, -0.15) is 10.2 Å². The Morgan fingerprint density at radius 2 is 1.42 bits per heavy atom. The van der Waals surface area contributed by atoms with Gasteiger partial charge in [0.15, 0.2) is 0 Å². The predicted molar refractivity (Wildman–Crippen MR) is 45.9 cm³/mol. The summed E-state index contributed by atoms with van der Waals surface area (Å²) in [7, 11) is 0. The van der Waals surface area contributed by atoms with Crippen LogP contribution in [0.25, 0.3) is 0 Å². The van der Waals surface area contributed by atoms with Gasteiger partial charge < -0.3 is 0 Å². The maximum Gasteiger partial charge on any atom is 0.0537 e. The molecule has 2 nitrogen and oxygen atoms in total. The van der Waals surface area contributed by atoms with Crippen molar-refractivity contribution >= 4 is 0 Å². The monoisotopic (exact) mass is 158 g/mol. The van der Waals surface area contributed by atoms with E-state index in [4.69, 9.17) is 0 Å². The van der Waals surface area contributed by atoms with Crippen molar-refractivity contribution in [2.75, 3.05) is 0 Å². The van der Waals surface area contributed by atoms with Crippen LogP contribution in [-0.4, -0.2) is 10.2 Å². The van der Waals surface area contributed by atoms with E-state index in [2.05, 4.69) is 22.3 Å². The Balaban J connectivity index is 2.24. The van der Waals surface area contributed by atoms with Gasteiger partial charge in [-0.1, -0.05) is 12.2 Å². The lowest BCUT2D eigenvalue weighted by Crippen LogP contribution is -2.17. The van der Waals surface area contributed by atoms with Crippen molar-refractivity contribution in [2.45, 2.75) is 24.7 Å². The Hall–Kier alpha value is -1.18. The smallest absolute Gasteiger partial charge is 0.0537 e. The summed E-state index contributed by atoms with van der Waals surface area (Å²) in [5, 5.41) is 7.87. The summed E-state index contributed by atoms with van der Waals surface area (Å²) in [6.07, 6.45) is 11.1. The zero-order valence-electron chi connectivity index (χ0n) is 6.77. The Morgan fingerprint density at radius 1 is 0.917 bits per heavy atom. The molecule has 2 bridgehead atoms. The molecule has 60 valence electrons. The van der Waals surface area contributed by atoms with Crippen LogP contribution in [0.1, 0.15) is 35.8 Å². The summed E-state index contributed by atoms with van der Waals surface area (Å²) in [4.78, 5) is 0. The Bertz CT molecular complexity index is 310. The zero-order valence-corrected chi connectivity index (χ0v) is 6.77. The van der Waals surface area contributed by atoms with Gasteiger partial charge in [0.05, 0.1) is 12.4 Å². The highest BCUT2D eigenvalue weighted by Crippen LogP contribution is 2.43. The highest BCUT2D eigenvalue weighted by molar-refractivity contribution is 5.40. The number of hydrogen-bond acceptors (Lipinski definition) is 2. The van der Waals surface area contributed by atoms with Gasteiger partial charge in [-0.3, -0.25) is 0 Å². The fraction of sp³-hybridized carbons (Fsp3) is 0.400. The van der Waals surface area contributed by atoms with Crippen molar-refractivity contribution in [2.24, 2.45) is 0 Å². The molecule has 0 spiro atoms. The molecular formula is C10H10N2. The summed E-state index contributed by atoms with van der Waals surface area (Å²) in [6.45, 7) is 0. The second-order valence-electron chi connectivity index (χ2n) is 3.58. The fourth-order valence-electron chi connectivity index (χ4n) is 2.30. The van der Waals surface area contributed by atoms with E-state index in [-0.39, 0.29) is 0 Å². The molecule has 0 saturated heterocycles. The van der Waals surface area contributed by atoms with Gasteiger partial charge in [-0.25, -0.2) is 0 Å². The van der Waals surface area contributed by atoms with Gasteiger partial charge >= 0.3 is 0 Å². The summed E-state index contributed by atoms with van der Waals surface area (Å²) in [5.74, 6) is 1.25. The van der Waals surface area contributed by atoms with E-state index >= 15 is 0 Å². The Labute approximate surface area is 71.3 Å². The molecule has 4 rings (SSSR count). The van der Waals surface area contributed by atoms with E-state index < -0.39 is 0 Å². The van der Waals surface area contributed by atoms with E-state index in [1.165, 1.54) is 24.0 Å². The van der Waals surface area contributed by atoms with Crippen LogP contribution in [-0.2, 0) is 0 Å². The molecule has 3 aliphatic carbocycles. The fourth-order valence-corrected chi connectivity index (χ4v) is 2.30. The minimum absolute atomic E-state index is 0.625. The maximum absolute atomic E-state index is 3.93. The first kappa shape index (κ1) is 6.35. The van der Waals surface area contributed by atoms with Crippen LogP contribution >= 0.6 is 0 Å². The number of nitrogens with zero attached hydrogens (tertiary/aromatic N) is 2. The van der Waals surface area contributed by atoms with Gasteiger partial charge in [0.25, 0.3) is 0 Å². The first-order valence-corrected chi connectivity index (χ1v) is 4.44. The van der Waals surface area contributed by atoms with Crippen molar-refractivity contribution in [1.82, 2.24) is 10.2 Å². The van der Waals surface area contributed by atoms with Gasteiger partial charge in [-0.05, 0) is 24.0 Å². The largest absolute Gasteiger partial charge is 0.159 e. The molecule has 12 heavy (non-hydrogen) atoms. The minimum atomic E-state index is 0.625. The van der Waals surface area contributed by atoms with Crippen molar-refractivity contribution in [3.63, 3.8) is 0 Å². The lowest BCUT2D eigenvalue weighted by molar-refractivity contribution is 0.546. The molecule has 0 radical (unpaired) electrons. The average molecular weight is 158 g/mol. The number of aromatic nitrogens is 2. The topological polar surface area (TPSA) is 25.8 Å². The number of allylic oxidation sites excluding steroid dienone is 2. The summed E-state index contributed by atoms with van der Waals surface area (Å²) in [5.41, 5.74) is 2.81. The SMILES string of the molecule is C1=CC2CCC1c1cnncc12. The molecule has 2 atom stereocenters. The van der Waals surface area contributed by atoms with Crippen LogP contribution in [0.4, 0.5) is 0 Å². The molecular weight excluding hydrogens is 148 g/mol. The normalized spacial score (nSPS) is 30.3. The molecule has 0 fully saturated rings. The maximum atomic E-state index is 3.93. The molecule has 0 aliphatic heterocycles. The van der Waals surface area contributed by atoms with Crippen LogP contribution in [0, 0.1) is 0 Å². The first-order chi connectivity index (χ1) is 5.95. The van der Waals surface area contributed by atoms with Crippen molar-refractivity contribution in [3.8, 4) is 0 Å². The van der Waals surface area contributed by atoms with E-state index in [1.54, 1.807) is 0 Å². The molecule has 0 aromatic carbocycles. The summed E-state index contributed by atoms with van der Waals surface area (Å²) < 4.78 is 0. The van der Waals surface area contributed by atoms with Crippen LogP contribution in [0.3, 0.4) is 0 Å². The van der Waals surface area contributed by atoms with Crippen LogP contribution in [0.15, 0.2) is 24.5 Å². The second kappa shape index (κ2) is 2.16. The van der Waals surface area contributed by atoms with Crippen LogP contribution < -0.4 is 0 Å². The third-order valence-electron chi connectivity index (χ3n) is 2.96. The Morgan fingerprint density at radius 3 is 1.83 bits per heavy atom. The standard InChI is InChI=1S/C10H10N2/c1-2-8-4-3-7(1)9-5-11-12-6-10(8)9/h1-2,5-8H,3-4H2. The van der Waals surface area contributed by atoms with Crippen LogP contribution in [0.2, 0.25) is 0 Å². The third-order valence-corrected chi connectivity index (χ3v) is 2.96. The molecule has 0 N–H and O–H groups in total. The third kappa shape index (κ3) is 0.697. The minimum Gasteiger partial charge on any atom is -0.159 e. The van der Waals surface area contributed by atoms with Gasteiger partial charge in [0, 0.05) is 11.8 Å². The molecule has 2 unspecified atom stereocenters. The lowest BCUT2D eigenvalue weighted by atomic mass is 9.73. The summed E-state index contributed by atoms with van der Waals surface area (Å²) >= 11 is 0. The van der Waals surface area contributed by atoms with Crippen LogP contribution in [0.5, 0.6) is 0 Å². The van der Waals surface area contributed by atoms with E-state index in [1.807, 2.05) is 12.4 Å². The van der Waals surface area contributed by atoms with Crippen molar-refractivity contribution in [3.05, 3.63) is 35.7 Å². The van der Waals surface area contributed by atoms with E-state index in [0.29, 0.717) is 11.8 Å². The highest BCUT2D eigenvalue weighted by atomic mass is 15.1. The van der Waals surface area contributed by atoms with E-state index in [0.717, 1.165) is 0 Å². The molecule has 1 aromatic rings. The summed E-state index contributed by atoms with van der Waals surface area (Å²) in [6, 6.07) is 0. The van der Waals surface area contributed by atoms with Gasteiger partial charge in [0.1, 0.15) is 0 Å². The number of hydrogen-bond donors (Lipinski definition) is 0.